The summed E-state index contributed by atoms with van der Waals surface area (Å²) in [5.41, 5.74) is 1.92. The molecule has 20 heavy (non-hydrogen) atoms. The minimum Gasteiger partial charge on any atom is -0.454 e. The number of sulfonamides is 1. The number of aromatic nitrogens is 2. The number of rotatable bonds is 3. The van der Waals surface area contributed by atoms with Crippen molar-refractivity contribution in [1.82, 2.24) is 10.2 Å². The zero-order valence-corrected chi connectivity index (χ0v) is 11.6. The first-order chi connectivity index (χ1) is 9.52. The third kappa shape index (κ3) is 1.91. The molecule has 3 N–H and O–H groups in total. The van der Waals surface area contributed by atoms with E-state index in [1.165, 1.54) is 6.20 Å². The monoisotopic (exact) mass is 291 g/mol. The van der Waals surface area contributed by atoms with Gasteiger partial charge in [-0.2, -0.15) is 5.10 Å². The molecular formula is C13H13N3O3S. The first kappa shape index (κ1) is 12.9. The van der Waals surface area contributed by atoms with Gasteiger partial charge in [-0.15, -0.1) is 0 Å². The second-order valence-corrected chi connectivity index (χ2v) is 5.94. The van der Waals surface area contributed by atoms with Gasteiger partial charge in [0.25, 0.3) is 0 Å². The summed E-state index contributed by atoms with van der Waals surface area (Å²) in [6.07, 6.45) is 1.90. The quantitative estimate of drug-likeness (QED) is 0.770. The summed E-state index contributed by atoms with van der Waals surface area (Å²) >= 11 is 0. The Labute approximate surface area is 115 Å². The highest BCUT2D eigenvalue weighted by molar-refractivity contribution is 7.89. The van der Waals surface area contributed by atoms with Crippen LogP contribution in [0.15, 0.2) is 39.8 Å². The molecule has 0 saturated heterocycles. The van der Waals surface area contributed by atoms with Crippen molar-refractivity contribution < 1.29 is 12.8 Å². The second kappa shape index (κ2) is 4.46. The Morgan fingerprint density at radius 2 is 2.10 bits per heavy atom. The van der Waals surface area contributed by atoms with Crippen molar-refractivity contribution in [2.45, 2.75) is 18.2 Å². The SMILES string of the molecule is CCc1c(-c2[nH]ncc2S(N)(=O)=O)oc2ccccc12. The number of aryl methyl sites for hydroxylation is 1. The lowest BCUT2D eigenvalue weighted by molar-refractivity contribution is 0.595. The highest BCUT2D eigenvalue weighted by Gasteiger charge is 2.23. The molecule has 0 aliphatic rings. The number of hydrogen-bond acceptors (Lipinski definition) is 4. The molecule has 1 aromatic carbocycles. The van der Waals surface area contributed by atoms with Crippen molar-refractivity contribution in [1.29, 1.82) is 0 Å². The molecule has 104 valence electrons. The molecule has 0 spiro atoms. The summed E-state index contributed by atoms with van der Waals surface area (Å²) in [5.74, 6) is 0.468. The van der Waals surface area contributed by atoms with Crippen molar-refractivity contribution in [2.75, 3.05) is 0 Å². The minimum atomic E-state index is -3.85. The summed E-state index contributed by atoms with van der Waals surface area (Å²) < 4.78 is 28.9. The second-order valence-electron chi connectivity index (χ2n) is 4.41. The number of nitrogens with two attached hydrogens (primary N) is 1. The van der Waals surface area contributed by atoms with Crippen molar-refractivity contribution in [2.24, 2.45) is 5.14 Å². The van der Waals surface area contributed by atoms with Crippen molar-refractivity contribution in [3.63, 3.8) is 0 Å². The van der Waals surface area contributed by atoms with E-state index in [1.54, 1.807) is 0 Å². The Hall–Kier alpha value is -2.12. The number of hydrogen-bond donors (Lipinski definition) is 2. The third-order valence-electron chi connectivity index (χ3n) is 3.19. The van der Waals surface area contributed by atoms with Crippen LogP contribution >= 0.6 is 0 Å². The molecule has 2 aromatic heterocycles. The first-order valence-corrected chi connectivity index (χ1v) is 7.64. The fraction of sp³-hybridized carbons (Fsp3) is 0.154. The van der Waals surface area contributed by atoms with E-state index in [2.05, 4.69) is 10.2 Å². The molecule has 3 aromatic rings. The van der Waals surface area contributed by atoms with Crippen molar-refractivity contribution >= 4 is 21.0 Å². The molecule has 7 heteroatoms. The van der Waals surface area contributed by atoms with E-state index in [4.69, 9.17) is 9.56 Å². The van der Waals surface area contributed by atoms with Gasteiger partial charge in [-0.05, 0) is 12.5 Å². The van der Waals surface area contributed by atoms with Gasteiger partial charge in [0.1, 0.15) is 16.2 Å². The molecule has 0 aliphatic carbocycles. The number of primary sulfonamides is 1. The van der Waals surface area contributed by atoms with E-state index in [0.717, 1.165) is 10.9 Å². The van der Waals surface area contributed by atoms with E-state index in [9.17, 15) is 8.42 Å². The Bertz CT molecular complexity index is 877. The molecule has 0 unspecified atom stereocenters. The van der Waals surface area contributed by atoms with E-state index >= 15 is 0 Å². The zero-order valence-electron chi connectivity index (χ0n) is 10.8. The van der Waals surface area contributed by atoms with Crippen LogP contribution in [0.3, 0.4) is 0 Å². The number of H-pyrrole nitrogens is 1. The maximum absolute atomic E-state index is 11.6. The van der Waals surface area contributed by atoms with E-state index in [0.29, 0.717) is 23.5 Å². The van der Waals surface area contributed by atoms with Gasteiger partial charge in [-0.3, -0.25) is 5.10 Å². The highest BCUT2D eigenvalue weighted by Crippen LogP contribution is 2.35. The van der Waals surface area contributed by atoms with Gasteiger partial charge in [-0.25, -0.2) is 13.6 Å². The maximum Gasteiger partial charge on any atom is 0.241 e. The molecule has 2 heterocycles. The zero-order chi connectivity index (χ0) is 14.3. The van der Waals surface area contributed by atoms with Crippen LogP contribution in [0.4, 0.5) is 0 Å². The molecular weight excluding hydrogens is 278 g/mol. The van der Waals surface area contributed by atoms with Crippen molar-refractivity contribution in [3.8, 4) is 11.5 Å². The van der Waals surface area contributed by atoms with E-state index in [-0.39, 0.29) is 4.90 Å². The normalized spacial score (nSPS) is 12.1. The summed E-state index contributed by atoms with van der Waals surface area (Å²) in [5, 5.41) is 12.6. The van der Waals surface area contributed by atoms with Crippen molar-refractivity contribution in [3.05, 3.63) is 36.0 Å². The van der Waals surface area contributed by atoms with Gasteiger partial charge in [0.2, 0.25) is 10.0 Å². The summed E-state index contributed by atoms with van der Waals surface area (Å²) in [6, 6.07) is 7.55. The van der Waals surface area contributed by atoms with Crippen LogP contribution in [0.25, 0.3) is 22.4 Å². The average Bonchev–Trinajstić information content (AvgIpc) is 3.01. The summed E-state index contributed by atoms with van der Waals surface area (Å²) in [7, 11) is -3.85. The number of fused-ring (bicyclic) bond motifs is 1. The standard InChI is InChI=1S/C13H13N3O3S/c1-2-8-9-5-3-4-6-10(9)19-13(8)12-11(7-15-16-12)20(14,17)18/h3-7H,2H2,1H3,(H,15,16)(H2,14,17,18). The summed E-state index contributed by atoms with van der Waals surface area (Å²) in [4.78, 5) is -0.0637. The minimum absolute atomic E-state index is 0.0637. The molecule has 3 rings (SSSR count). The van der Waals surface area contributed by atoms with Crippen LogP contribution < -0.4 is 5.14 Å². The maximum atomic E-state index is 11.6. The van der Waals surface area contributed by atoms with Crippen LogP contribution in [0, 0.1) is 0 Å². The van der Waals surface area contributed by atoms with E-state index < -0.39 is 10.0 Å². The molecule has 0 saturated carbocycles. The third-order valence-corrected chi connectivity index (χ3v) is 4.11. The Morgan fingerprint density at radius 3 is 2.80 bits per heavy atom. The predicted molar refractivity (Wildman–Crippen MR) is 74.5 cm³/mol. The van der Waals surface area contributed by atoms with Gasteiger partial charge in [0.15, 0.2) is 5.76 Å². The van der Waals surface area contributed by atoms with Gasteiger partial charge < -0.3 is 4.42 Å². The number of nitrogens with zero attached hydrogens (tertiary/aromatic N) is 1. The van der Waals surface area contributed by atoms with Gasteiger partial charge in [0, 0.05) is 10.9 Å². The van der Waals surface area contributed by atoms with Gasteiger partial charge in [-0.1, -0.05) is 25.1 Å². The largest absolute Gasteiger partial charge is 0.454 e. The average molecular weight is 291 g/mol. The molecule has 0 fully saturated rings. The molecule has 6 nitrogen and oxygen atoms in total. The van der Waals surface area contributed by atoms with E-state index in [1.807, 2.05) is 31.2 Å². The smallest absolute Gasteiger partial charge is 0.241 e. The molecule has 0 radical (unpaired) electrons. The number of furan rings is 1. The Balaban J connectivity index is 2.33. The van der Waals surface area contributed by atoms with Crippen LogP contribution in [0.5, 0.6) is 0 Å². The predicted octanol–water partition coefficient (Wildman–Crippen LogP) is 2.03. The topological polar surface area (TPSA) is 102 Å². The summed E-state index contributed by atoms with van der Waals surface area (Å²) in [6.45, 7) is 1.98. The molecule has 0 aliphatic heterocycles. The lowest BCUT2D eigenvalue weighted by atomic mass is 10.1. The van der Waals surface area contributed by atoms with Gasteiger partial charge in [0.05, 0.1) is 6.20 Å². The van der Waals surface area contributed by atoms with Crippen LogP contribution in [0.2, 0.25) is 0 Å². The number of nitrogens with one attached hydrogen (secondary N) is 1. The number of aromatic amines is 1. The number of benzene rings is 1. The lowest BCUT2D eigenvalue weighted by Gasteiger charge is -2.00. The van der Waals surface area contributed by atoms with Crippen LogP contribution in [-0.2, 0) is 16.4 Å². The lowest BCUT2D eigenvalue weighted by Crippen LogP contribution is -2.12. The fourth-order valence-electron chi connectivity index (χ4n) is 2.31. The molecule has 0 bridgehead atoms. The molecule has 0 amide bonds. The Kier molecular flexibility index (Phi) is 2.88. The van der Waals surface area contributed by atoms with Crippen LogP contribution in [0.1, 0.15) is 12.5 Å². The first-order valence-electron chi connectivity index (χ1n) is 6.09. The number of para-hydroxylation sites is 1. The Morgan fingerprint density at radius 1 is 1.35 bits per heavy atom. The fourth-order valence-corrected chi connectivity index (χ4v) is 2.93. The van der Waals surface area contributed by atoms with Gasteiger partial charge >= 0.3 is 0 Å². The highest BCUT2D eigenvalue weighted by atomic mass is 32.2. The van der Waals surface area contributed by atoms with Crippen LogP contribution in [-0.4, -0.2) is 18.6 Å². The molecule has 0 atom stereocenters.